The van der Waals surface area contributed by atoms with Crippen molar-refractivity contribution in [2.24, 2.45) is 0 Å². The van der Waals surface area contributed by atoms with Gasteiger partial charge >= 0.3 is 0 Å². The molecular formula is C23H22ClN5. The first-order valence-corrected chi connectivity index (χ1v) is 10.4. The number of nitrogens with zero attached hydrogens (tertiary/aromatic N) is 4. The highest BCUT2D eigenvalue weighted by Gasteiger charge is 2.22. The number of benzene rings is 2. The molecule has 4 aromatic rings. The Bertz CT molecular complexity index is 1180. The van der Waals surface area contributed by atoms with Gasteiger partial charge in [0.2, 0.25) is 0 Å². The van der Waals surface area contributed by atoms with Gasteiger partial charge in [-0.05, 0) is 61.1 Å². The van der Waals surface area contributed by atoms with E-state index in [9.17, 15) is 0 Å². The number of aryl methyl sites for hydroxylation is 2. The summed E-state index contributed by atoms with van der Waals surface area (Å²) in [6.07, 6.45) is 4.79. The minimum Gasteiger partial charge on any atom is -0.340 e. The fraction of sp³-hybridized carbons (Fsp3) is 0.261. The molecule has 6 heteroatoms. The van der Waals surface area contributed by atoms with Crippen molar-refractivity contribution >= 4 is 28.9 Å². The Balaban J connectivity index is 1.56. The first-order valence-electron chi connectivity index (χ1n) is 10.1. The smallest absolute Gasteiger partial charge is 0.254 e. The van der Waals surface area contributed by atoms with Crippen molar-refractivity contribution < 1.29 is 0 Å². The molecular weight excluding hydrogens is 382 g/mol. The molecule has 0 bridgehead atoms. The summed E-state index contributed by atoms with van der Waals surface area (Å²) >= 11 is 6.00. The van der Waals surface area contributed by atoms with Crippen molar-refractivity contribution in [2.45, 2.75) is 39.0 Å². The molecule has 2 aromatic carbocycles. The van der Waals surface area contributed by atoms with Crippen LogP contribution in [0.3, 0.4) is 0 Å². The van der Waals surface area contributed by atoms with Crippen LogP contribution in [0.15, 0.2) is 48.5 Å². The van der Waals surface area contributed by atoms with Gasteiger partial charge in [0.15, 0.2) is 5.82 Å². The average molecular weight is 404 g/mol. The van der Waals surface area contributed by atoms with E-state index in [2.05, 4.69) is 36.5 Å². The summed E-state index contributed by atoms with van der Waals surface area (Å²) in [6.45, 7) is 2.17. The lowest BCUT2D eigenvalue weighted by Crippen LogP contribution is -2.07. The van der Waals surface area contributed by atoms with Crippen molar-refractivity contribution in [3.05, 3.63) is 81.8 Å². The maximum atomic E-state index is 6.00. The van der Waals surface area contributed by atoms with Crippen molar-refractivity contribution in [1.82, 2.24) is 19.6 Å². The molecule has 0 aliphatic heterocycles. The van der Waals surface area contributed by atoms with Crippen LogP contribution in [-0.2, 0) is 25.7 Å². The van der Waals surface area contributed by atoms with Gasteiger partial charge < -0.3 is 5.32 Å². The Kier molecular flexibility index (Phi) is 4.68. The Labute approximate surface area is 174 Å². The van der Waals surface area contributed by atoms with Gasteiger partial charge in [0.25, 0.3) is 5.78 Å². The van der Waals surface area contributed by atoms with Gasteiger partial charge in [0, 0.05) is 22.7 Å². The third-order valence-electron chi connectivity index (χ3n) is 5.43. The topological polar surface area (TPSA) is 55.1 Å². The molecule has 0 spiro atoms. The molecule has 2 aromatic heterocycles. The zero-order valence-electron chi connectivity index (χ0n) is 16.3. The van der Waals surface area contributed by atoms with Crippen LogP contribution in [0, 0.1) is 0 Å². The molecule has 1 aliphatic carbocycles. The Hall–Kier alpha value is -2.92. The molecule has 1 N–H and O–H groups in total. The second-order valence-corrected chi connectivity index (χ2v) is 7.90. The van der Waals surface area contributed by atoms with E-state index in [1.165, 1.54) is 11.1 Å². The van der Waals surface area contributed by atoms with E-state index in [0.717, 1.165) is 59.3 Å². The lowest BCUT2D eigenvalue weighted by molar-refractivity contribution is 0.885. The highest BCUT2D eigenvalue weighted by molar-refractivity contribution is 6.30. The summed E-state index contributed by atoms with van der Waals surface area (Å²) < 4.78 is 1.87. The summed E-state index contributed by atoms with van der Waals surface area (Å²) in [5.74, 6) is 2.41. The van der Waals surface area contributed by atoms with Crippen LogP contribution >= 0.6 is 11.6 Å². The van der Waals surface area contributed by atoms with Gasteiger partial charge in [-0.3, -0.25) is 0 Å². The number of halogens is 1. The molecule has 2 heterocycles. The number of anilines is 2. The van der Waals surface area contributed by atoms with Crippen LogP contribution in [0.25, 0.3) is 5.78 Å². The molecule has 1 aliphatic rings. The summed E-state index contributed by atoms with van der Waals surface area (Å²) in [6, 6.07) is 16.3. The lowest BCUT2D eigenvalue weighted by atomic mass is 10.1. The zero-order valence-corrected chi connectivity index (χ0v) is 17.1. The predicted octanol–water partition coefficient (Wildman–Crippen LogP) is 5.16. The number of rotatable bonds is 5. The minimum absolute atomic E-state index is 0.649. The quantitative estimate of drug-likeness (QED) is 0.499. The number of hydrogen-bond donors (Lipinski definition) is 1. The van der Waals surface area contributed by atoms with Crippen LogP contribution in [0.1, 0.15) is 41.6 Å². The van der Waals surface area contributed by atoms with Crippen molar-refractivity contribution in [2.75, 3.05) is 5.32 Å². The number of hydrogen-bond acceptors (Lipinski definition) is 4. The highest BCUT2D eigenvalue weighted by Crippen LogP contribution is 2.30. The minimum atomic E-state index is 0.649. The van der Waals surface area contributed by atoms with Crippen molar-refractivity contribution in [1.29, 1.82) is 0 Å². The molecule has 0 saturated heterocycles. The number of fused-ring (bicyclic) bond motifs is 2. The summed E-state index contributed by atoms with van der Waals surface area (Å²) in [4.78, 5) is 9.51. The largest absolute Gasteiger partial charge is 0.340 e. The van der Waals surface area contributed by atoms with Crippen molar-refractivity contribution in [3.8, 4) is 0 Å². The first kappa shape index (κ1) is 18.1. The molecule has 29 heavy (non-hydrogen) atoms. The van der Waals surface area contributed by atoms with Crippen LogP contribution < -0.4 is 5.32 Å². The van der Waals surface area contributed by atoms with Gasteiger partial charge in [-0.25, -0.2) is 4.98 Å². The Morgan fingerprint density at radius 1 is 1.03 bits per heavy atom. The van der Waals surface area contributed by atoms with E-state index >= 15 is 0 Å². The fourth-order valence-electron chi connectivity index (χ4n) is 3.92. The molecule has 0 unspecified atom stereocenters. The van der Waals surface area contributed by atoms with E-state index in [4.69, 9.17) is 26.7 Å². The highest BCUT2D eigenvalue weighted by atomic mass is 35.5. The molecule has 5 rings (SSSR count). The SMILES string of the molecule is CCc1cccc(Nc2c3c(nc4nc(Cc5ccc(Cl)cc5)nn24)CCC3)c1. The monoisotopic (exact) mass is 403 g/mol. The Morgan fingerprint density at radius 2 is 1.90 bits per heavy atom. The predicted molar refractivity (Wildman–Crippen MR) is 116 cm³/mol. The second kappa shape index (κ2) is 7.48. The van der Waals surface area contributed by atoms with E-state index in [1.54, 1.807) is 0 Å². The van der Waals surface area contributed by atoms with Gasteiger partial charge in [0.1, 0.15) is 5.82 Å². The summed E-state index contributed by atoms with van der Waals surface area (Å²) in [5, 5.41) is 9.14. The van der Waals surface area contributed by atoms with Gasteiger partial charge in [-0.1, -0.05) is 42.8 Å². The number of aromatic nitrogens is 4. The van der Waals surface area contributed by atoms with Gasteiger partial charge in [0.05, 0.1) is 5.69 Å². The third kappa shape index (κ3) is 3.58. The van der Waals surface area contributed by atoms with Gasteiger partial charge in [-0.2, -0.15) is 9.50 Å². The molecule has 0 amide bonds. The lowest BCUT2D eigenvalue weighted by Gasteiger charge is -2.13. The number of nitrogens with one attached hydrogen (secondary N) is 1. The zero-order chi connectivity index (χ0) is 19.8. The molecule has 0 fully saturated rings. The van der Waals surface area contributed by atoms with Crippen molar-refractivity contribution in [3.63, 3.8) is 0 Å². The van der Waals surface area contributed by atoms with Crippen LogP contribution in [0.5, 0.6) is 0 Å². The summed E-state index contributed by atoms with van der Waals surface area (Å²) in [7, 11) is 0. The molecule has 146 valence electrons. The molecule has 5 nitrogen and oxygen atoms in total. The second-order valence-electron chi connectivity index (χ2n) is 7.46. The fourth-order valence-corrected chi connectivity index (χ4v) is 4.04. The molecule has 0 atom stereocenters. The Morgan fingerprint density at radius 3 is 2.72 bits per heavy atom. The van der Waals surface area contributed by atoms with E-state index < -0.39 is 0 Å². The molecule has 0 radical (unpaired) electrons. The van der Waals surface area contributed by atoms with E-state index in [1.807, 2.05) is 28.8 Å². The van der Waals surface area contributed by atoms with Crippen LogP contribution in [0.2, 0.25) is 5.02 Å². The maximum Gasteiger partial charge on any atom is 0.254 e. The third-order valence-corrected chi connectivity index (χ3v) is 5.68. The van der Waals surface area contributed by atoms with E-state index in [0.29, 0.717) is 12.2 Å². The van der Waals surface area contributed by atoms with E-state index in [-0.39, 0.29) is 0 Å². The van der Waals surface area contributed by atoms with Gasteiger partial charge in [-0.15, -0.1) is 5.10 Å². The summed E-state index contributed by atoms with van der Waals surface area (Å²) in [5.41, 5.74) is 5.89. The first-order chi connectivity index (χ1) is 14.2. The maximum absolute atomic E-state index is 6.00. The standard InChI is InChI=1S/C23H22ClN5/c1-2-15-5-3-6-18(13-15)25-22-19-7-4-8-20(19)26-23-27-21(28-29(22)23)14-16-9-11-17(24)12-10-16/h3,5-6,9-13,25H,2,4,7-8,14H2,1H3. The average Bonchev–Trinajstić information content (AvgIpc) is 3.36. The van der Waals surface area contributed by atoms with Crippen LogP contribution in [-0.4, -0.2) is 19.6 Å². The normalized spacial score (nSPS) is 13.0. The van der Waals surface area contributed by atoms with Crippen LogP contribution in [0.4, 0.5) is 11.5 Å². The molecule has 0 saturated carbocycles.